The summed E-state index contributed by atoms with van der Waals surface area (Å²) in [5.41, 5.74) is 0. The maximum absolute atomic E-state index is 13.1. The molecule has 0 amide bonds. The lowest BCUT2D eigenvalue weighted by atomic mass is 9.70. The Labute approximate surface area is 271 Å². The molecule has 7 heteroatoms. The van der Waals surface area contributed by atoms with Crippen molar-refractivity contribution in [2.75, 3.05) is 6.61 Å². The number of ether oxygens (including phenoxy) is 3. The van der Waals surface area contributed by atoms with Gasteiger partial charge in [-0.15, -0.1) is 0 Å². The van der Waals surface area contributed by atoms with Crippen LogP contribution in [0, 0.1) is 23.7 Å². The van der Waals surface area contributed by atoms with Gasteiger partial charge in [-0.1, -0.05) is 101 Å². The molecule has 2 aromatic carbocycles. The maximum Gasteiger partial charge on any atom is 0.261 e. The lowest BCUT2D eigenvalue weighted by Gasteiger charge is -2.44. The summed E-state index contributed by atoms with van der Waals surface area (Å²) in [4.78, 5) is 13.1. The first-order chi connectivity index (χ1) is 21.3. The first-order valence-electron chi connectivity index (χ1n) is 17.0. The third kappa shape index (κ3) is 7.55. The van der Waals surface area contributed by atoms with Gasteiger partial charge in [-0.3, -0.25) is 4.79 Å². The Bertz CT molecular complexity index is 1240. The van der Waals surface area contributed by atoms with E-state index in [4.69, 9.17) is 18.6 Å². The van der Waals surface area contributed by atoms with E-state index in [1.807, 2.05) is 26.8 Å². The van der Waals surface area contributed by atoms with E-state index in [1.54, 1.807) is 6.08 Å². The Morgan fingerprint density at radius 3 is 2.00 bits per heavy atom. The van der Waals surface area contributed by atoms with Crippen molar-refractivity contribution < 1.29 is 28.5 Å². The lowest BCUT2D eigenvalue weighted by Crippen LogP contribution is -2.66. The molecule has 0 spiro atoms. The van der Waals surface area contributed by atoms with Gasteiger partial charge in [0.15, 0.2) is 17.9 Å². The van der Waals surface area contributed by atoms with Crippen molar-refractivity contribution in [3.8, 4) is 0 Å². The van der Waals surface area contributed by atoms with E-state index in [2.05, 4.69) is 88.4 Å². The molecule has 5 rings (SSSR count). The van der Waals surface area contributed by atoms with Crippen LogP contribution in [0.1, 0.15) is 80.6 Å². The summed E-state index contributed by atoms with van der Waals surface area (Å²) in [6.45, 7) is 15.7. The highest BCUT2D eigenvalue weighted by Gasteiger charge is 2.50. The van der Waals surface area contributed by atoms with Gasteiger partial charge in [0.05, 0.1) is 24.2 Å². The third-order valence-electron chi connectivity index (χ3n) is 10.3. The molecule has 1 aliphatic carbocycles. The van der Waals surface area contributed by atoms with Crippen LogP contribution in [-0.4, -0.2) is 56.2 Å². The van der Waals surface area contributed by atoms with E-state index in [-0.39, 0.29) is 52.8 Å². The maximum atomic E-state index is 13.1. The van der Waals surface area contributed by atoms with E-state index in [0.717, 1.165) is 25.7 Å². The molecule has 2 heterocycles. The second kappa shape index (κ2) is 13.9. The number of aliphatic hydroxyl groups is 1. The van der Waals surface area contributed by atoms with E-state index < -0.39 is 20.4 Å². The van der Waals surface area contributed by atoms with Crippen molar-refractivity contribution in [2.45, 2.75) is 116 Å². The molecule has 246 valence electrons. The highest BCUT2D eigenvalue weighted by atomic mass is 28.4. The summed E-state index contributed by atoms with van der Waals surface area (Å²) in [6.07, 6.45) is 6.74. The minimum atomic E-state index is -2.62. The fraction of sp³-hybridized carbons (Fsp3) is 0.605. The highest BCUT2D eigenvalue weighted by Crippen LogP contribution is 2.42. The molecule has 1 unspecified atom stereocenters. The Balaban J connectivity index is 1.27. The number of hydrogen-bond acceptors (Lipinski definition) is 6. The van der Waals surface area contributed by atoms with Crippen molar-refractivity contribution in [1.29, 1.82) is 0 Å². The molecular weight excluding hydrogens is 580 g/mol. The Kier molecular flexibility index (Phi) is 10.6. The first-order valence-corrected chi connectivity index (χ1v) is 18.9. The van der Waals surface area contributed by atoms with Gasteiger partial charge in [-0.05, 0) is 72.9 Å². The van der Waals surface area contributed by atoms with Crippen molar-refractivity contribution in [2.24, 2.45) is 23.7 Å². The summed E-state index contributed by atoms with van der Waals surface area (Å²) in [5, 5.41) is 12.7. The number of benzene rings is 2. The normalized spacial score (nSPS) is 32.1. The smallest absolute Gasteiger partial charge is 0.261 e. The zero-order valence-electron chi connectivity index (χ0n) is 28.3. The van der Waals surface area contributed by atoms with Crippen LogP contribution >= 0.6 is 0 Å². The van der Waals surface area contributed by atoms with Crippen molar-refractivity contribution >= 4 is 24.5 Å². The molecule has 2 aromatic rings. The van der Waals surface area contributed by atoms with E-state index in [0.29, 0.717) is 13.0 Å². The number of ketones is 1. The summed E-state index contributed by atoms with van der Waals surface area (Å²) in [7, 11) is -2.62. The van der Waals surface area contributed by atoms with E-state index in [1.165, 1.54) is 10.4 Å². The van der Waals surface area contributed by atoms with Crippen molar-refractivity contribution in [3.05, 3.63) is 72.8 Å². The summed E-state index contributed by atoms with van der Waals surface area (Å²) >= 11 is 0. The Hall–Kier alpha value is -2.13. The molecule has 45 heavy (non-hydrogen) atoms. The molecule has 3 aliphatic rings. The van der Waals surface area contributed by atoms with Crippen LogP contribution in [-0.2, 0) is 23.4 Å². The van der Waals surface area contributed by atoms with Gasteiger partial charge in [0, 0.05) is 18.9 Å². The number of allylic oxidation sites excluding steroid dienone is 2. The number of rotatable bonds is 10. The largest absolute Gasteiger partial charge is 0.407 e. The van der Waals surface area contributed by atoms with E-state index >= 15 is 0 Å². The quantitative estimate of drug-likeness (QED) is 0.305. The molecule has 0 radical (unpaired) electrons. The molecule has 0 saturated carbocycles. The Morgan fingerprint density at radius 1 is 0.889 bits per heavy atom. The van der Waals surface area contributed by atoms with Crippen molar-refractivity contribution in [1.82, 2.24) is 0 Å². The number of carbonyl (C=O) groups is 1. The van der Waals surface area contributed by atoms with Crippen LogP contribution in [0.25, 0.3) is 0 Å². The molecule has 6 nitrogen and oxygen atoms in total. The van der Waals surface area contributed by atoms with Crippen molar-refractivity contribution in [3.63, 3.8) is 0 Å². The summed E-state index contributed by atoms with van der Waals surface area (Å²) < 4.78 is 26.0. The van der Waals surface area contributed by atoms with Crippen LogP contribution < -0.4 is 10.4 Å². The predicted molar refractivity (Wildman–Crippen MR) is 181 cm³/mol. The average Bonchev–Trinajstić information content (AvgIpc) is 3.32. The van der Waals surface area contributed by atoms with Crippen LogP contribution in [0.5, 0.6) is 0 Å². The fourth-order valence-corrected chi connectivity index (χ4v) is 12.7. The van der Waals surface area contributed by atoms with Gasteiger partial charge in [-0.2, -0.15) is 0 Å². The molecule has 2 aliphatic heterocycles. The molecule has 2 saturated heterocycles. The zero-order chi connectivity index (χ0) is 32.4. The first kappa shape index (κ1) is 34.2. The molecule has 1 N–H and O–H groups in total. The number of aliphatic hydroxyl groups excluding tert-OH is 1. The van der Waals surface area contributed by atoms with Gasteiger partial charge in [0.2, 0.25) is 0 Å². The van der Waals surface area contributed by atoms with Gasteiger partial charge >= 0.3 is 0 Å². The number of hydrogen-bond donors (Lipinski definition) is 1. The molecule has 2 fully saturated rings. The van der Waals surface area contributed by atoms with Gasteiger partial charge in [0.1, 0.15) is 0 Å². The Morgan fingerprint density at radius 2 is 1.47 bits per heavy atom. The zero-order valence-corrected chi connectivity index (χ0v) is 29.3. The fourth-order valence-electron chi connectivity index (χ4n) is 8.08. The molecular formula is C38H54O6Si. The summed E-state index contributed by atoms with van der Waals surface area (Å²) in [5.74, 6) is -0.364. The van der Waals surface area contributed by atoms with Crippen LogP contribution in [0.2, 0.25) is 5.04 Å². The standard InChI is InChI=1S/C38H54O6Si/c1-26-18-21-33(39)35(34-24-27(2)36(40)42-34)32(26)20-19-28-25-29(44-38(6,7)43-28)22-23-41-45(37(3,4)5,30-14-10-8-11-15-30)31-16-12-9-13-17-31/h8-18,21,26-29,32,34-36,40H,19-20,22-25H2,1-7H3/t26-,27+,28+,29-,32-,34+,35+,36?/m0/s1. The minimum Gasteiger partial charge on any atom is -0.407 e. The van der Waals surface area contributed by atoms with Gasteiger partial charge in [0.25, 0.3) is 8.32 Å². The number of carbonyl (C=O) groups excluding carboxylic acids is 1. The molecule has 0 aromatic heterocycles. The van der Waals surface area contributed by atoms with Gasteiger partial charge < -0.3 is 23.7 Å². The minimum absolute atomic E-state index is 0.00670. The third-order valence-corrected chi connectivity index (χ3v) is 15.3. The molecule has 8 atom stereocenters. The average molecular weight is 635 g/mol. The predicted octanol–water partition coefficient (Wildman–Crippen LogP) is 6.39. The van der Waals surface area contributed by atoms with Gasteiger partial charge in [-0.25, -0.2) is 0 Å². The lowest BCUT2D eigenvalue weighted by molar-refractivity contribution is -0.302. The highest BCUT2D eigenvalue weighted by molar-refractivity contribution is 6.99. The monoisotopic (exact) mass is 634 g/mol. The second-order valence-corrected chi connectivity index (χ2v) is 19.4. The molecule has 0 bridgehead atoms. The van der Waals surface area contributed by atoms with E-state index in [9.17, 15) is 9.90 Å². The summed E-state index contributed by atoms with van der Waals surface area (Å²) in [6, 6.07) is 21.5. The topological polar surface area (TPSA) is 74.2 Å². The second-order valence-electron chi connectivity index (χ2n) is 15.1. The van der Waals surface area contributed by atoms with Crippen LogP contribution in [0.3, 0.4) is 0 Å². The van der Waals surface area contributed by atoms with Crippen LogP contribution in [0.15, 0.2) is 72.8 Å². The van der Waals surface area contributed by atoms with Crippen LogP contribution in [0.4, 0.5) is 0 Å². The SMILES string of the molecule is C[C@@H]1C[C@H]([C@H]2C(=O)C=C[C@H](C)[C@@H]2CC[C@@H]2C[C@H](CCO[Si](c3ccccc3)(c3ccccc3)C(C)(C)C)OC(C)(C)O2)OC1O.